The lowest BCUT2D eigenvalue weighted by Crippen LogP contribution is -2.47. The van der Waals surface area contributed by atoms with Gasteiger partial charge in [0.2, 0.25) is 5.91 Å². The number of ether oxygens (including phenoxy) is 1. The third-order valence-electron chi connectivity index (χ3n) is 3.28. The summed E-state index contributed by atoms with van der Waals surface area (Å²) in [5.74, 6) is 0.658. The molecule has 2 unspecified atom stereocenters. The van der Waals surface area contributed by atoms with E-state index in [1.165, 1.54) is 0 Å². The highest BCUT2D eigenvalue weighted by atomic mass is 16.5. The molecule has 0 bridgehead atoms. The molecule has 0 aromatic rings. The van der Waals surface area contributed by atoms with Gasteiger partial charge in [0.15, 0.2) is 0 Å². The van der Waals surface area contributed by atoms with Crippen LogP contribution in [0.5, 0.6) is 0 Å². The van der Waals surface area contributed by atoms with E-state index < -0.39 is 0 Å². The second-order valence-electron chi connectivity index (χ2n) is 5.46. The van der Waals surface area contributed by atoms with Gasteiger partial charge in [-0.3, -0.25) is 4.79 Å². The summed E-state index contributed by atoms with van der Waals surface area (Å²) >= 11 is 0. The molecule has 1 amide bonds. The highest BCUT2D eigenvalue weighted by Crippen LogP contribution is 2.20. The molecule has 100 valence electrons. The number of carbonyl (C=O) groups excluding carboxylic acids is 1. The van der Waals surface area contributed by atoms with Crippen molar-refractivity contribution in [2.24, 2.45) is 5.92 Å². The van der Waals surface area contributed by atoms with E-state index in [1.807, 2.05) is 4.90 Å². The van der Waals surface area contributed by atoms with Gasteiger partial charge in [-0.2, -0.15) is 0 Å². The summed E-state index contributed by atoms with van der Waals surface area (Å²) in [5, 5.41) is 3.33. The van der Waals surface area contributed by atoms with E-state index in [4.69, 9.17) is 4.74 Å². The Balaban J connectivity index is 2.63. The number of carbonyl (C=O) groups is 1. The SMILES string of the molecule is COCC(C(C)C)N1CCC(NC(C)C)C1=O. The Labute approximate surface area is 105 Å². The van der Waals surface area contributed by atoms with Gasteiger partial charge in [-0.05, 0) is 12.3 Å². The number of hydrogen-bond donors (Lipinski definition) is 1. The molecule has 1 aliphatic rings. The predicted octanol–water partition coefficient (Wildman–Crippen LogP) is 1.26. The topological polar surface area (TPSA) is 41.6 Å². The minimum absolute atomic E-state index is 0.00638. The molecular formula is C13H26N2O2. The second-order valence-corrected chi connectivity index (χ2v) is 5.46. The molecule has 0 radical (unpaired) electrons. The molecule has 0 saturated carbocycles. The standard InChI is InChI=1S/C13H26N2O2/c1-9(2)12(8-17-5)15-7-6-11(13(15)16)14-10(3)4/h9-12,14H,6-8H2,1-5H3. The first-order valence-electron chi connectivity index (χ1n) is 6.52. The maximum Gasteiger partial charge on any atom is 0.240 e. The Morgan fingerprint density at radius 1 is 1.41 bits per heavy atom. The van der Waals surface area contributed by atoms with Crippen LogP contribution in [0.4, 0.5) is 0 Å². The average molecular weight is 242 g/mol. The molecule has 0 aliphatic carbocycles. The van der Waals surface area contributed by atoms with Crippen molar-refractivity contribution in [1.29, 1.82) is 0 Å². The van der Waals surface area contributed by atoms with Crippen LogP contribution in [0, 0.1) is 5.92 Å². The van der Waals surface area contributed by atoms with Gasteiger partial charge in [-0.25, -0.2) is 0 Å². The third kappa shape index (κ3) is 3.68. The molecule has 1 rings (SSSR count). The lowest BCUT2D eigenvalue weighted by molar-refractivity contribution is -0.133. The van der Waals surface area contributed by atoms with E-state index in [-0.39, 0.29) is 18.0 Å². The summed E-state index contributed by atoms with van der Waals surface area (Å²) in [6, 6.07) is 0.545. The van der Waals surface area contributed by atoms with Crippen molar-refractivity contribution in [2.75, 3.05) is 20.3 Å². The highest BCUT2D eigenvalue weighted by molar-refractivity contribution is 5.84. The first-order chi connectivity index (χ1) is 7.97. The lowest BCUT2D eigenvalue weighted by Gasteiger charge is -2.31. The smallest absolute Gasteiger partial charge is 0.240 e. The number of likely N-dealkylation sites (tertiary alicyclic amines) is 1. The van der Waals surface area contributed by atoms with Gasteiger partial charge in [0.05, 0.1) is 18.7 Å². The van der Waals surface area contributed by atoms with E-state index in [2.05, 4.69) is 33.0 Å². The largest absolute Gasteiger partial charge is 0.383 e. The molecule has 1 aliphatic heterocycles. The molecule has 1 N–H and O–H groups in total. The molecule has 0 aromatic heterocycles. The van der Waals surface area contributed by atoms with E-state index in [9.17, 15) is 4.79 Å². The van der Waals surface area contributed by atoms with Gasteiger partial charge < -0.3 is 15.0 Å². The van der Waals surface area contributed by atoms with Crippen LogP contribution >= 0.6 is 0 Å². The highest BCUT2D eigenvalue weighted by Gasteiger charge is 2.36. The fourth-order valence-corrected chi connectivity index (χ4v) is 2.40. The van der Waals surface area contributed by atoms with Crippen molar-refractivity contribution in [3.8, 4) is 0 Å². The summed E-state index contributed by atoms with van der Waals surface area (Å²) in [6.45, 7) is 9.89. The van der Waals surface area contributed by atoms with E-state index in [0.29, 0.717) is 18.6 Å². The number of rotatable bonds is 6. The van der Waals surface area contributed by atoms with Crippen LogP contribution < -0.4 is 5.32 Å². The van der Waals surface area contributed by atoms with Gasteiger partial charge in [-0.15, -0.1) is 0 Å². The Bertz CT molecular complexity index is 254. The number of nitrogens with one attached hydrogen (secondary N) is 1. The Morgan fingerprint density at radius 2 is 2.06 bits per heavy atom. The molecule has 4 nitrogen and oxygen atoms in total. The van der Waals surface area contributed by atoms with Crippen molar-refractivity contribution in [1.82, 2.24) is 10.2 Å². The van der Waals surface area contributed by atoms with Crippen molar-refractivity contribution in [3.63, 3.8) is 0 Å². The van der Waals surface area contributed by atoms with Crippen molar-refractivity contribution >= 4 is 5.91 Å². The first kappa shape index (κ1) is 14.5. The van der Waals surface area contributed by atoms with Crippen LogP contribution in [-0.2, 0) is 9.53 Å². The van der Waals surface area contributed by atoms with Crippen LogP contribution in [0.1, 0.15) is 34.1 Å². The summed E-state index contributed by atoms with van der Waals surface area (Å²) in [7, 11) is 1.69. The first-order valence-corrected chi connectivity index (χ1v) is 6.52. The van der Waals surface area contributed by atoms with Gasteiger partial charge in [-0.1, -0.05) is 27.7 Å². The number of methoxy groups -OCH3 is 1. The van der Waals surface area contributed by atoms with Gasteiger partial charge in [0, 0.05) is 19.7 Å². The summed E-state index contributed by atoms with van der Waals surface area (Å²) < 4.78 is 5.23. The maximum absolute atomic E-state index is 12.3. The van der Waals surface area contributed by atoms with Crippen LogP contribution in [-0.4, -0.2) is 49.2 Å². The van der Waals surface area contributed by atoms with Crippen LogP contribution in [0.3, 0.4) is 0 Å². The molecule has 2 atom stereocenters. The van der Waals surface area contributed by atoms with Crippen LogP contribution in [0.25, 0.3) is 0 Å². The Hall–Kier alpha value is -0.610. The zero-order valence-electron chi connectivity index (χ0n) is 11.7. The number of nitrogens with zero attached hydrogens (tertiary/aromatic N) is 1. The fourth-order valence-electron chi connectivity index (χ4n) is 2.40. The number of amides is 1. The quantitative estimate of drug-likeness (QED) is 0.762. The zero-order chi connectivity index (χ0) is 13.0. The van der Waals surface area contributed by atoms with Gasteiger partial charge >= 0.3 is 0 Å². The van der Waals surface area contributed by atoms with Crippen molar-refractivity contribution in [3.05, 3.63) is 0 Å². The normalized spacial score (nSPS) is 22.9. The van der Waals surface area contributed by atoms with Crippen LogP contribution in [0.2, 0.25) is 0 Å². The van der Waals surface area contributed by atoms with Gasteiger partial charge in [0.25, 0.3) is 0 Å². The molecule has 0 spiro atoms. The molecular weight excluding hydrogens is 216 g/mol. The van der Waals surface area contributed by atoms with Gasteiger partial charge in [0.1, 0.15) is 0 Å². The third-order valence-corrected chi connectivity index (χ3v) is 3.28. The van der Waals surface area contributed by atoms with Crippen molar-refractivity contribution in [2.45, 2.75) is 52.2 Å². The average Bonchev–Trinajstić information content (AvgIpc) is 2.56. The minimum Gasteiger partial charge on any atom is -0.383 e. The molecule has 4 heteroatoms. The van der Waals surface area contributed by atoms with E-state index in [1.54, 1.807) is 7.11 Å². The summed E-state index contributed by atoms with van der Waals surface area (Å²) in [5.41, 5.74) is 0. The Morgan fingerprint density at radius 3 is 2.53 bits per heavy atom. The van der Waals surface area contributed by atoms with E-state index >= 15 is 0 Å². The van der Waals surface area contributed by atoms with Crippen LogP contribution in [0.15, 0.2) is 0 Å². The second kappa shape index (κ2) is 6.36. The number of hydrogen-bond acceptors (Lipinski definition) is 3. The Kier molecular flexibility index (Phi) is 5.40. The van der Waals surface area contributed by atoms with E-state index in [0.717, 1.165) is 13.0 Å². The zero-order valence-corrected chi connectivity index (χ0v) is 11.7. The molecule has 17 heavy (non-hydrogen) atoms. The lowest BCUT2D eigenvalue weighted by atomic mass is 10.0. The summed E-state index contributed by atoms with van der Waals surface area (Å²) in [6.07, 6.45) is 0.907. The molecule has 1 saturated heterocycles. The van der Waals surface area contributed by atoms with Crippen molar-refractivity contribution < 1.29 is 9.53 Å². The fraction of sp³-hybridized carbons (Fsp3) is 0.923. The molecule has 1 heterocycles. The minimum atomic E-state index is -0.00638. The summed E-state index contributed by atoms with van der Waals surface area (Å²) in [4.78, 5) is 14.2. The molecule has 0 aromatic carbocycles. The molecule has 1 fully saturated rings. The predicted molar refractivity (Wildman–Crippen MR) is 68.9 cm³/mol. The monoisotopic (exact) mass is 242 g/mol. The maximum atomic E-state index is 12.3.